The van der Waals surface area contributed by atoms with Gasteiger partial charge in [0.25, 0.3) is 0 Å². The molecule has 0 aliphatic carbocycles. The van der Waals surface area contributed by atoms with Crippen molar-refractivity contribution in [2.75, 3.05) is 26.8 Å². The lowest BCUT2D eigenvalue weighted by Crippen LogP contribution is -2.50. The minimum atomic E-state index is 0.740. The second-order valence-corrected chi connectivity index (χ2v) is 4.05. The lowest BCUT2D eigenvalue weighted by atomic mass is 9.93. The summed E-state index contributed by atoms with van der Waals surface area (Å²) >= 11 is 0. The molecule has 1 heterocycles. The van der Waals surface area contributed by atoms with E-state index in [2.05, 4.69) is 18.7 Å². The Morgan fingerprint density at radius 3 is 2.58 bits per heavy atom. The van der Waals surface area contributed by atoms with Gasteiger partial charge in [-0.2, -0.15) is 0 Å². The topological polar surface area (TPSA) is 12.5 Å². The number of ether oxygens (including phenoxy) is 1. The highest BCUT2D eigenvalue weighted by Gasteiger charge is 2.27. The molecule has 0 aromatic carbocycles. The number of hydrogen-bond acceptors (Lipinski definition) is 2. The first kappa shape index (κ1) is 10.0. The molecule has 0 N–H and O–H groups in total. The van der Waals surface area contributed by atoms with Gasteiger partial charge in [0, 0.05) is 32.8 Å². The van der Waals surface area contributed by atoms with Crippen LogP contribution in [0.1, 0.15) is 26.7 Å². The van der Waals surface area contributed by atoms with Gasteiger partial charge >= 0.3 is 0 Å². The smallest absolute Gasteiger partial charge is 0.0462 e. The van der Waals surface area contributed by atoms with Gasteiger partial charge in [-0.25, -0.2) is 0 Å². The zero-order chi connectivity index (χ0) is 8.97. The van der Waals surface area contributed by atoms with E-state index >= 15 is 0 Å². The van der Waals surface area contributed by atoms with Crippen LogP contribution in [0, 0.1) is 5.92 Å². The van der Waals surface area contributed by atoms with Crippen LogP contribution in [0.3, 0.4) is 0 Å². The van der Waals surface area contributed by atoms with Crippen LogP contribution in [0.2, 0.25) is 0 Å². The highest BCUT2D eigenvalue weighted by atomic mass is 16.5. The molecule has 1 fully saturated rings. The maximum absolute atomic E-state index is 5.02. The molecular formula is C10H21NO. The molecule has 12 heavy (non-hydrogen) atoms. The van der Waals surface area contributed by atoms with E-state index in [4.69, 9.17) is 4.74 Å². The van der Waals surface area contributed by atoms with E-state index in [9.17, 15) is 0 Å². The van der Waals surface area contributed by atoms with E-state index in [1.165, 1.54) is 25.9 Å². The first-order valence-corrected chi connectivity index (χ1v) is 4.97. The van der Waals surface area contributed by atoms with Gasteiger partial charge < -0.3 is 9.64 Å². The van der Waals surface area contributed by atoms with Crippen LogP contribution in [-0.4, -0.2) is 37.7 Å². The third kappa shape index (κ3) is 2.76. The van der Waals surface area contributed by atoms with Gasteiger partial charge in [-0.1, -0.05) is 0 Å². The van der Waals surface area contributed by atoms with Crippen LogP contribution >= 0.6 is 0 Å². The van der Waals surface area contributed by atoms with E-state index in [-0.39, 0.29) is 0 Å². The molecule has 0 radical (unpaired) electrons. The molecule has 2 nitrogen and oxygen atoms in total. The number of likely N-dealkylation sites (tertiary alicyclic amines) is 1. The number of rotatable bonds is 5. The van der Waals surface area contributed by atoms with Crippen molar-refractivity contribution in [2.24, 2.45) is 5.92 Å². The zero-order valence-electron chi connectivity index (χ0n) is 8.55. The Balaban J connectivity index is 1.95. The number of nitrogens with zero attached hydrogens (tertiary/aromatic N) is 1. The first-order valence-electron chi connectivity index (χ1n) is 4.97. The van der Waals surface area contributed by atoms with Gasteiger partial charge in [-0.15, -0.1) is 0 Å². The Hall–Kier alpha value is -0.0800. The zero-order valence-corrected chi connectivity index (χ0v) is 8.55. The average Bonchev–Trinajstić information content (AvgIpc) is 1.93. The van der Waals surface area contributed by atoms with E-state index in [1.807, 2.05) is 0 Å². The molecule has 72 valence electrons. The van der Waals surface area contributed by atoms with Crippen LogP contribution in [-0.2, 0) is 4.74 Å². The molecule has 0 unspecified atom stereocenters. The summed E-state index contributed by atoms with van der Waals surface area (Å²) in [6.45, 7) is 8.08. The standard InChI is InChI=1S/C10H21NO/c1-9(2)11-7-10(8-11)5-4-6-12-3/h9-10H,4-8H2,1-3H3. The van der Waals surface area contributed by atoms with Crippen molar-refractivity contribution in [3.63, 3.8) is 0 Å². The molecule has 1 rings (SSSR count). The van der Waals surface area contributed by atoms with Gasteiger partial charge in [0.2, 0.25) is 0 Å². The average molecular weight is 171 g/mol. The van der Waals surface area contributed by atoms with Gasteiger partial charge in [0.1, 0.15) is 0 Å². The Kier molecular flexibility index (Phi) is 4.02. The normalized spacial score (nSPS) is 20.0. The highest BCUT2D eigenvalue weighted by molar-refractivity contribution is 4.81. The molecular weight excluding hydrogens is 150 g/mol. The summed E-state index contributed by atoms with van der Waals surface area (Å²) in [7, 11) is 1.78. The first-order chi connectivity index (χ1) is 5.74. The maximum atomic E-state index is 5.02. The summed E-state index contributed by atoms with van der Waals surface area (Å²) in [5.41, 5.74) is 0. The molecule has 1 aliphatic heterocycles. The Morgan fingerprint density at radius 2 is 2.08 bits per heavy atom. The fourth-order valence-corrected chi connectivity index (χ4v) is 1.73. The van der Waals surface area contributed by atoms with Crippen molar-refractivity contribution in [1.29, 1.82) is 0 Å². The summed E-state index contributed by atoms with van der Waals surface area (Å²) in [6, 6.07) is 0.740. The van der Waals surface area contributed by atoms with Crippen molar-refractivity contribution < 1.29 is 4.74 Å². The second kappa shape index (κ2) is 4.83. The molecule has 0 saturated carbocycles. The van der Waals surface area contributed by atoms with Crippen LogP contribution in [0.5, 0.6) is 0 Å². The molecule has 0 aromatic rings. The summed E-state index contributed by atoms with van der Waals surface area (Å²) in [6.07, 6.45) is 2.57. The monoisotopic (exact) mass is 171 g/mol. The van der Waals surface area contributed by atoms with E-state index < -0.39 is 0 Å². The summed E-state index contributed by atoms with van der Waals surface area (Å²) in [4.78, 5) is 2.53. The van der Waals surface area contributed by atoms with Crippen molar-refractivity contribution >= 4 is 0 Å². The third-order valence-corrected chi connectivity index (χ3v) is 2.68. The molecule has 0 bridgehead atoms. The van der Waals surface area contributed by atoms with Gasteiger partial charge in [0.05, 0.1) is 0 Å². The quantitative estimate of drug-likeness (QED) is 0.584. The summed E-state index contributed by atoms with van der Waals surface area (Å²) in [5, 5.41) is 0. The third-order valence-electron chi connectivity index (χ3n) is 2.68. The summed E-state index contributed by atoms with van der Waals surface area (Å²) < 4.78 is 5.02. The lowest BCUT2D eigenvalue weighted by Gasteiger charge is -2.42. The van der Waals surface area contributed by atoms with Gasteiger partial charge in [-0.05, 0) is 32.6 Å². The van der Waals surface area contributed by atoms with Crippen LogP contribution in [0.25, 0.3) is 0 Å². The Morgan fingerprint density at radius 1 is 1.42 bits per heavy atom. The minimum absolute atomic E-state index is 0.740. The van der Waals surface area contributed by atoms with Crippen LogP contribution < -0.4 is 0 Å². The van der Waals surface area contributed by atoms with E-state index in [0.717, 1.165) is 18.6 Å². The van der Waals surface area contributed by atoms with Crippen molar-refractivity contribution in [3.8, 4) is 0 Å². The fourth-order valence-electron chi connectivity index (χ4n) is 1.73. The van der Waals surface area contributed by atoms with E-state index in [0.29, 0.717) is 0 Å². The summed E-state index contributed by atoms with van der Waals surface area (Å²) in [5.74, 6) is 0.947. The van der Waals surface area contributed by atoms with Crippen molar-refractivity contribution in [2.45, 2.75) is 32.7 Å². The molecule has 1 aliphatic rings. The number of hydrogen-bond donors (Lipinski definition) is 0. The van der Waals surface area contributed by atoms with E-state index in [1.54, 1.807) is 7.11 Å². The van der Waals surface area contributed by atoms with Gasteiger partial charge in [0.15, 0.2) is 0 Å². The SMILES string of the molecule is COCCCC1CN(C(C)C)C1. The molecule has 0 atom stereocenters. The minimum Gasteiger partial charge on any atom is -0.385 e. The highest BCUT2D eigenvalue weighted by Crippen LogP contribution is 2.22. The Bertz CT molecular complexity index is 119. The molecule has 2 heteroatoms. The van der Waals surface area contributed by atoms with Gasteiger partial charge in [-0.3, -0.25) is 0 Å². The fraction of sp³-hybridized carbons (Fsp3) is 1.00. The lowest BCUT2D eigenvalue weighted by molar-refractivity contribution is 0.0562. The predicted molar refractivity (Wildman–Crippen MR) is 51.3 cm³/mol. The maximum Gasteiger partial charge on any atom is 0.0462 e. The van der Waals surface area contributed by atoms with Crippen molar-refractivity contribution in [1.82, 2.24) is 4.90 Å². The molecule has 1 saturated heterocycles. The molecule has 0 spiro atoms. The molecule has 0 amide bonds. The predicted octanol–water partition coefficient (Wildman–Crippen LogP) is 1.75. The molecule has 0 aromatic heterocycles. The van der Waals surface area contributed by atoms with Crippen molar-refractivity contribution in [3.05, 3.63) is 0 Å². The van der Waals surface area contributed by atoms with Crippen LogP contribution in [0.4, 0.5) is 0 Å². The number of methoxy groups -OCH3 is 1. The second-order valence-electron chi connectivity index (χ2n) is 4.05. The van der Waals surface area contributed by atoms with Crippen LogP contribution in [0.15, 0.2) is 0 Å². The largest absolute Gasteiger partial charge is 0.385 e. The Labute approximate surface area is 75.9 Å².